The standard InChI is InChI=1S/C12H22N2O2S2/c1-5-6-10(2)14(4)18(15,16)12-7-8-17-11(12)9-13-3/h7-8,10,13H,5-6,9H2,1-4H3. The predicted molar refractivity (Wildman–Crippen MR) is 76.4 cm³/mol. The summed E-state index contributed by atoms with van der Waals surface area (Å²) >= 11 is 1.48. The van der Waals surface area contributed by atoms with E-state index in [2.05, 4.69) is 12.2 Å². The van der Waals surface area contributed by atoms with Crippen molar-refractivity contribution in [1.29, 1.82) is 0 Å². The maximum absolute atomic E-state index is 12.5. The largest absolute Gasteiger partial charge is 0.315 e. The molecule has 4 nitrogen and oxygen atoms in total. The van der Waals surface area contributed by atoms with Gasteiger partial charge in [0.2, 0.25) is 10.0 Å². The van der Waals surface area contributed by atoms with E-state index in [0.29, 0.717) is 11.4 Å². The second kappa shape index (κ2) is 6.65. The SMILES string of the molecule is CCCC(C)N(C)S(=O)(=O)c1ccsc1CNC. The zero-order chi connectivity index (χ0) is 13.8. The monoisotopic (exact) mass is 290 g/mol. The van der Waals surface area contributed by atoms with Crippen LogP contribution >= 0.6 is 11.3 Å². The summed E-state index contributed by atoms with van der Waals surface area (Å²) in [7, 11) is 0.116. The molecule has 0 fully saturated rings. The lowest BCUT2D eigenvalue weighted by Crippen LogP contribution is -2.35. The number of hydrogen-bond acceptors (Lipinski definition) is 4. The zero-order valence-electron chi connectivity index (χ0n) is 11.4. The molecule has 1 aromatic rings. The van der Waals surface area contributed by atoms with Gasteiger partial charge in [0.25, 0.3) is 0 Å². The van der Waals surface area contributed by atoms with Crippen LogP contribution in [0.1, 0.15) is 31.6 Å². The molecule has 0 aromatic carbocycles. The van der Waals surface area contributed by atoms with Crippen LogP contribution in [0.15, 0.2) is 16.3 Å². The average Bonchev–Trinajstić information content (AvgIpc) is 2.77. The summed E-state index contributed by atoms with van der Waals surface area (Å²) in [6.45, 7) is 4.60. The first kappa shape index (κ1) is 15.6. The molecular formula is C12H22N2O2S2. The Hall–Kier alpha value is -0.430. The van der Waals surface area contributed by atoms with Crippen molar-refractivity contribution >= 4 is 21.4 Å². The number of nitrogens with zero attached hydrogens (tertiary/aromatic N) is 1. The topological polar surface area (TPSA) is 49.4 Å². The van der Waals surface area contributed by atoms with E-state index in [4.69, 9.17) is 0 Å². The smallest absolute Gasteiger partial charge is 0.244 e. The van der Waals surface area contributed by atoms with Gasteiger partial charge in [-0.1, -0.05) is 13.3 Å². The Morgan fingerprint density at radius 1 is 1.50 bits per heavy atom. The second-order valence-electron chi connectivity index (χ2n) is 4.40. The summed E-state index contributed by atoms with van der Waals surface area (Å²) in [5, 5.41) is 4.83. The van der Waals surface area contributed by atoms with Crippen molar-refractivity contribution in [3.63, 3.8) is 0 Å². The first-order valence-corrected chi connectivity index (χ1v) is 8.46. The molecule has 0 saturated carbocycles. The van der Waals surface area contributed by atoms with Gasteiger partial charge in [-0.05, 0) is 31.8 Å². The van der Waals surface area contributed by atoms with E-state index in [1.807, 2.05) is 19.4 Å². The highest BCUT2D eigenvalue weighted by molar-refractivity contribution is 7.89. The molecule has 0 aliphatic heterocycles. The fraction of sp³-hybridized carbons (Fsp3) is 0.667. The zero-order valence-corrected chi connectivity index (χ0v) is 13.1. The molecule has 0 radical (unpaired) electrons. The first-order valence-electron chi connectivity index (χ1n) is 6.14. The highest BCUT2D eigenvalue weighted by Gasteiger charge is 2.27. The summed E-state index contributed by atoms with van der Waals surface area (Å²) in [5.41, 5.74) is 0. The fourth-order valence-electron chi connectivity index (χ4n) is 1.84. The Labute approximate surface area is 114 Å². The number of rotatable bonds is 7. The van der Waals surface area contributed by atoms with Gasteiger partial charge in [0, 0.05) is 24.5 Å². The Balaban J connectivity index is 3.01. The van der Waals surface area contributed by atoms with E-state index in [1.165, 1.54) is 15.6 Å². The first-order chi connectivity index (χ1) is 8.45. The van der Waals surface area contributed by atoms with Crippen LogP contribution in [0, 0.1) is 0 Å². The summed E-state index contributed by atoms with van der Waals surface area (Å²) < 4.78 is 26.5. The maximum Gasteiger partial charge on any atom is 0.244 e. The molecule has 1 unspecified atom stereocenters. The van der Waals surface area contributed by atoms with Gasteiger partial charge in [0.1, 0.15) is 0 Å². The average molecular weight is 290 g/mol. The van der Waals surface area contributed by atoms with Crippen molar-refractivity contribution in [2.45, 2.75) is 44.2 Å². The predicted octanol–water partition coefficient (Wildman–Crippen LogP) is 2.28. The molecule has 1 rings (SSSR count). The van der Waals surface area contributed by atoms with Gasteiger partial charge in [0.05, 0.1) is 4.90 Å². The van der Waals surface area contributed by atoms with Crippen LogP contribution < -0.4 is 5.32 Å². The molecule has 0 bridgehead atoms. The van der Waals surface area contributed by atoms with Crippen molar-refractivity contribution in [2.24, 2.45) is 0 Å². The summed E-state index contributed by atoms with van der Waals surface area (Å²) in [5.74, 6) is 0. The van der Waals surface area contributed by atoms with Gasteiger partial charge in [0.15, 0.2) is 0 Å². The minimum Gasteiger partial charge on any atom is -0.315 e. The molecule has 18 heavy (non-hydrogen) atoms. The highest BCUT2D eigenvalue weighted by Crippen LogP contribution is 2.26. The number of hydrogen-bond donors (Lipinski definition) is 1. The Kier molecular flexibility index (Phi) is 5.78. The third-order valence-corrected chi connectivity index (χ3v) is 6.13. The van der Waals surface area contributed by atoms with Crippen molar-refractivity contribution in [3.05, 3.63) is 16.3 Å². The molecule has 1 N–H and O–H groups in total. The van der Waals surface area contributed by atoms with Crippen LogP contribution in [0.4, 0.5) is 0 Å². The van der Waals surface area contributed by atoms with Gasteiger partial charge in [-0.25, -0.2) is 8.42 Å². The van der Waals surface area contributed by atoms with Crippen molar-refractivity contribution in [3.8, 4) is 0 Å². The molecule has 104 valence electrons. The van der Waals surface area contributed by atoms with E-state index in [9.17, 15) is 8.42 Å². The third-order valence-electron chi connectivity index (χ3n) is 3.03. The second-order valence-corrected chi connectivity index (χ2v) is 7.36. The summed E-state index contributed by atoms with van der Waals surface area (Å²) in [4.78, 5) is 1.31. The lowest BCUT2D eigenvalue weighted by molar-refractivity contribution is 0.368. The van der Waals surface area contributed by atoms with Crippen molar-refractivity contribution in [2.75, 3.05) is 14.1 Å². The molecule has 1 heterocycles. The fourth-order valence-corrected chi connectivity index (χ4v) is 4.66. The third kappa shape index (κ3) is 3.32. The lowest BCUT2D eigenvalue weighted by Gasteiger charge is -2.24. The molecule has 1 aromatic heterocycles. The van der Waals surface area contributed by atoms with E-state index in [1.54, 1.807) is 13.1 Å². The van der Waals surface area contributed by atoms with Crippen LogP contribution in [0.2, 0.25) is 0 Å². The van der Waals surface area contributed by atoms with Gasteiger partial charge in [-0.2, -0.15) is 4.31 Å². The van der Waals surface area contributed by atoms with E-state index < -0.39 is 10.0 Å². The number of thiophene rings is 1. The van der Waals surface area contributed by atoms with E-state index in [0.717, 1.165) is 17.7 Å². The molecule has 0 spiro atoms. The Morgan fingerprint density at radius 2 is 2.17 bits per heavy atom. The minimum absolute atomic E-state index is 0.0299. The van der Waals surface area contributed by atoms with Crippen LogP contribution in [-0.4, -0.2) is 32.9 Å². The van der Waals surface area contributed by atoms with Gasteiger partial charge < -0.3 is 5.32 Å². The molecule has 0 aliphatic carbocycles. The van der Waals surface area contributed by atoms with Crippen LogP contribution in [0.25, 0.3) is 0 Å². The summed E-state index contributed by atoms with van der Waals surface area (Å²) in [6.07, 6.45) is 1.86. The van der Waals surface area contributed by atoms with Crippen LogP contribution in [-0.2, 0) is 16.6 Å². The molecule has 0 amide bonds. The highest BCUT2D eigenvalue weighted by atomic mass is 32.2. The van der Waals surface area contributed by atoms with Gasteiger partial charge >= 0.3 is 0 Å². The van der Waals surface area contributed by atoms with Crippen molar-refractivity contribution < 1.29 is 8.42 Å². The molecule has 0 saturated heterocycles. The van der Waals surface area contributed by atoms with Gasteiger partial charge in [-0.3, -0.25) is 0 Å². The molecule has 1 atom stereocenters. The molecular weight excluding hydrogens is 268 g/mol. The van der Waals surface area contributed by atoms with Crippen LogP contribution in [0.5, 0.6) is 0 Å². The Morgan fingerprint density at radius 3 is 2.72 bits per heavy atom. The summed E-state index contributed by atoms with van der Waals surface area (Å²) in [6, 6.07) is 1.73. The van der Waals surface area contributed by atoms with E-state index >= 15 is 0 Å². The lowest BCUT2D eigenvalue weighted by atomic mass is 10.2. The molecule has 6 heteroatoms. The minimum atomic E-state index is -3.37. The molecule has 0 aliphatic rings. The van der Waals surface area contributed by atoms with Crippen molar-refractivity contribution in [1.82, 2.24) is 9.62 Å². The van der Waals surface area contributed by atoms with Crippen LogP contribution in [0.3, 0.4) is 0 Å². The van der Waals surface area contributed by atoms with E-state index in [-0.39, 0.29) is 6.04 Å². The number of sulfonamides is 1. The van der Waals surface area contributed by atoms with Gasteiger partial charge in [-0.15, -0.1) is 11.3 Å². The normalized spacial score (nSPS) is 14.1. The quantitative estimate of drug-likeness (QED) is 0.838. The number of nitrogens with one attached hydrogen (secondary N) is 1. The Bertz CT molecular complexity index is 468. The maximum atomic E-state index is 12.5.